The Morgan fingerprint density at radius 3 is 2.53 bits per heavy atom. The number of hydrogen-bond acceptors (Lipinski definition) is 6. The number of hydrogen-bond donors (Lipinski definition) is 1. The van der Waals surface area contributed by atoms with Crippen molar-refractivity contribution in [3.63, 3.8) is 0 Å². The molecular weight excluding hydrogens is 487 g/mol. The maximum atomic E-state index is 15.0. The van der Waals surface area contributed by atoms with Crippen LogP contribution in [0, 0.1) is 5.82 Å². The summed E-state index contributed by atoms with van der Waals surface area (Å²) in [5.41, 5.74) is 1.49. The molecule has 0 aromatic heterocycles. The summed E-state index contributed by atoms with van der Waals surface area (Å²) in [5, 5.41) is 2.79. The summed E-state index contributed by atoms with van der Waals surface area (Å²) in [7, 11) is 0. The molecule has 0 unspecified atom stereocenters. The van der Waals surface area contributed by atoms with Crippen LogP contribution in [0.25, 0.3) is 11.1 Å². The maximum Gasteiger partial charge on any atom is 0.414 e. The van der Waals surface area contributed by atoms with E-state index < -0.39 is 23.9 Å². The number of carbonyl (C=O) groups is 4. The van der Waals surface area contributed by atoms with Gasteiger partial charge in [0.1, 0.15) is 18.5 Å². The van der Waals surface area contributed by atoms with E-state index in [4.69, 9.17) is 17.0 Å². The zero-order chi connectivity index (χ0) is 26.0. The molecule has 9 nitrogen and oxygen atoms in total. The zero-order valence-corrected chi connectivity index (χ0v) is 20.6. The lowest BCUT2D eigenvalue weighted by atomic mass is 10.0. The first kappa shape index (κ1) is 25.2. The lowest BCUT2D eigenvalue weighted by Crippen LogP contribution is -2.36. The summed E-state index contributed by atoms with van der Waals surface area (Å²) in [4.78, 5) is 52.4. The Kier molecular flexibility index (Phi) is 7.30. The van der Waals surface area contributed by atoms with E-state index in [1.54, 1.807) is 36.4 Å². The van der Waals surface area contributed by atoms with E-state index in [1.165, 1.54) is 27.7 Å². The molecule has 0 aliphatic carbocycles. The molecule has 2 aromatic rings. The lowest BCUT2D eigenvalue weighted by molar-refractivity contribution is -0.125. The van der Waals surface area contributed by atoms with Crippen LogP contribution in [-0.4, -0.2) is 71.0 Å². The molecule has 2 saturated heterocycles. The molecule has 11 heteroatoms. The second-order valence-corrected chi connectivity index (χ2v) is 8.88. The molecule has 36 heavy (non-hydrogen) atoms. The van der Waals surface area contributed by atoms with E-state index >= 15 is 4.39 Å². The van der Waals surface area contributed by atoms with Gasteiger partial charge in [-0.05, 0) is 54.5 Å². The fraction of sp³-hybridized carbons (Fsp3) is 0.320. The summed E-state index contributed by atoms with van der Waals surface area (Å²) in [5.74, 6) is -1.39. The van der Waals surface area contributed by atoms with E-state index in [2.05, 4.69) is 5.32 Å². The number of amides is 4. The fourth-order valence-corrected chi connectivity index (χ4v) is 4.43. The minimum absolute atomic E-state index is 0.0971. The van der Waals surface area contributed by atoms with Crippen molar-refractivity contribution in [2.75, 3.05) is 31.1 Å². The largest absolute Gasteiger partial charge is 0.442 e. The van der Waals surface area contributed by atoms with Gasteiger partial charge < -0.3 is 10.1 Å². The highest BCUT2D eigenvalue weighted by atomic mass is 32.1. The molecule has 0 saturated carbocycles. The molecule has 1 N–H and O–H groups in total. The van der Waals surface area contributed by atoms with Crippen LogP contribution in [0.5, 0.6) is 0 Å². The van der Waals surface area contributed by atoms with E-state index in [0.717, 1.165) is 6.42 Å². The molecule has 2 aliphatic rings. The number of thiocarbonyl (C=S) groups is 1. The first-order valence-corrected chi connectivity index (χ1v) is 11.9. The molecular formula is C25H25FN4O5S. The number of anilines is 1. The summed E-state index contributed by atoms with van der Waals surface area (Å²) >= 11 is 5.30. The summed E-state index contributed by atoms with van der Waals surface area (Å²) in [6.07, 6.45) is -0.415. The van der Waals surface area contributed by atoms with E-state index in [9.17, 15) is 19.2 Å². The quantitative estimate of drug-likeness (QED) is 0.573. The van der Waals surface area contributed by atoms with Crippen molar-refractivity contribution in [3.8, 4) is 11.1 Å². The van der Waals surface area contributed by atoms with Crippen molar-refractivity contribution in [1.29, 1.82) is 0 Å². The highest BCUT2D eigenvalue weighted by molar-refractivity contribution is 7.80. The number of halogens is 1. The molecule has 0 bridgehead atoms. The molecule has 2 fully saturated rings. The van der Waals surface area contributed by atoms with Crippen molar-refractivity contribution in [2.24, 2.45) is 0 Å². The van der Waals surface area contributed by atoms with Crippen molar-refractivity contribution < 1.29 is 28.3 Å². The number of nitrogens with one attached hydrogen (secondary N) is 1. The van der Waals surface area contributed by atoms with Gasteiger partial charge >= 0.3 is 6.09 Å². The van der Waals surface area contributed by atoms with Crippen molar-refractivity contribution in [1.82, 2.24) is 15.1 Å². The van der Waals surface area contributed by atoms with Crippen molar-refractivity contribution in [3.05, 3.63) is 53.8 Å². The first-order chi connectivity index (χ1) is 17.2. The summed E-state index contributed by atoms with van der Waals surface area (Å²) in [6.45, 7) is 4.02. The number of rotatable bonds is 7. The molecule has 0 radical (unpaired) electrons. The Balaban J connectivity index is 1.46. The van der Waals surface area contributed by atoms with Crippen molar-refractivity contribution in [2.45, 2.75) is 26.4 Å². The van der Waals surface area contributed by atoms with Crippen LogP contribution in [0.15, 0.2) is 42.5 Å². The SMILES string of the molecule is CCCN1C(=O)CN(C(=O)c2ccc(-c3ccc(N4C[C@H](CNC(C)=O)OC4=O)cc3F)cc2)C1=S. The predicted molar refractivity (Wildman–Crippen MR) is 134 cm³/mol. The Morgan fingerprint density at radius 2 is 1.89 bits per heavy atom. The van der Waals surface area contributed by atoms with Crippen LogP contribution in [0.3, 0.4) is 0 Å². The summed E-state index contributed by atoms with van der Waals surface area (Å²) in [6, 6.07) is 10.7. The third-order valence-corrected chi connectivity index (χ3v) is 6.35. The van der Waals surface area contributed by atoms with Gasteiger partial charge in [0.05, 0.1) is 18.8 Å². The molecule has 0 spiro atoms. The third-order valence-electron chi connectivity index (χ3n) is 5.91. The molecule has 4 amide bonds. The Morgan fingerprint density at radius 1 is 1.17 bits per heavy atom. The van der Waals surface area contributed by atoms with Crippen LogP contribution >= 0.6 is 12.2 Å². The van der Waals surface area contributed by atoms with Crippen LogP contribution in [-0.2, 0) is 14.3 Å². The fourth-order valence-electron chi connectivity index (χ4n) is 4.09. The second kappa shape index (κ2) is 10.4. The van der Waals surface area contributed by atoms with E-state index in [1.807, 2.05) is 6.92 Å². The monoisotopic (exact) mass is 512 g/mol. The molecule has 2 aromatic carbocycles. The Hall–Kier alpha value is -3.86. The molecule has 2 heterocycles. The zero-order valence-electron chi connectivity index (χ0n) is 19.8. The minimum atomic E-state index is -0.615. The smallest absolute Gasteiger partial charge is 0.414 e. The van der Waals surface area contributed by atoms with Gasteiger partial charge in [-0.3, -0.25) is 29.1 Å². The van der Waals surface area contributed by atoms with Gasteiger partial charge in [-0.2, -0.15) is 0 Å². The number of carbonyl (C=O) groups excluding carboxylic acids is 4. The highest BCUT2D eigenvalue weighted by Gasteiger charge is 2.36. The van der Waals surface area contributed by atoms with Gasteiger partial charge in [0, 0.05) is 24.6 Å². The molecule has 2 aliphatic heterocycles. The third kappa shape index (κ3) is 5.06. The summed E-state index contributed by atoms with van der Waals surface area (Å²) < 4.78 is 20.2. The van der Waals surface area contributed by atoms with Crippen LogP contribution < -0.4 is 10.2 Å². The lowest BCUT2D eigenvalue weighted by Gasteiger charge is -2.18. The van der Waals surface area contributed by atoms with Gasteiger partial charge in [0.2, 0.25) is 11.8 Å². The number of cyclic esters (lactones) is 1. The molecule has 188 valence electrons. The van der Waals surface area contributed by atoms with E-state index in [0.29, 0.717) is 28.9 Å². The highest BCUT2D eigenvalue weighted by Crippen LogP contribution is 2.29. The normalized spacial score (nSPS) is 17.6. The average molecular weight is 513 g/mol. The average Bonchev–Trinajstić information content (AvgIpc) is 3.36. The number of nitrogens with zero attached hydrogens (tertiary/aromatic N) is 3. The van der Waals surface area contributed by atoms with Crippen molar-refractivity contribution >= 4 is 46.8 Å². The molecule has 4 rings (SSSR count). The predicted octanol–water partition coefficient (Wildman–Crippen LogP) is 2.93. The standard InChI is InChI=1S/C25H25FN4O5S/c1-3-10-28-22(32)14-30(24(28)36)23(33)17-6-4-16(5-7-17)20-9-8-18(11-21(20)26)29-13-19(35-25(29)34)12-27-15(2)31/h4-9,11,19H,3,10,12-14H2,1-2H3,(H,27,31)/t19-/m0/s1. The van der Waals surface area contributed by atoms with Crippen LogP contribution in [0.1, 0.15) is 30.6 Å². The number of ether oxygens (including phenoxy) is 1. The van der Waals surface area contributed by atoms with Crippen LogP contribution in [0.4, 0.5) is 14.9 Å². The number of benzene rings is 2. The minimum Gasteiger partial charge on any atom is -0.442 e. The van der Waals surface area contributed by atoms with Gasteiger partial charge in [-0.15, -0.1) is 0 Å². The van der Waals surface area contributed by atoms with Gasteiger partial charge in [-0.25, -0.2) is 9.18 Å². The van der Waals surface area contributed by atoms with Gasteiger partial charge in [-0.1, -0.05) is 19.1 Å². The second-order valence-electron chi connectivity index (χ2n) is 8.51. The first-order valence-electron chi connectivity index (χ1n) is 11.5. The van der Waals surface area contributed by atoms with Crippen LogP contribution in [0.2, 0.25) is 0 Å². The molecule has 1 atom stereocenters. The van der Waals surface area contributed by atoms with Gasteiger partial charge in [0.15, 0.2) is 5.11 Å². The maximum absolute atomic E-state index is 15.0. The topological polar surface area (TPSA) is 99.3 Å². The van der Waals surface area contributed by atoms with E-state index in [-0.39, 0.29) is 36.6 Å². The Labute approximate surface area is 212 Å². The Bertz CT molecular complexity index is 1240. The van der Waals surface area contributed by atoms with Gasteiger partial charge in [0.25, 0.3) is 5.91 Å².